The predicted molar refractivity (Wildman–Crippen MR) is 118 cm³/mol. The molecule has 5 rings (SSSR count). The van der Waals surface area contributed by atoms with Crippen LogP contribution in [0.2, 0.25) is 0 Å². The van der Waals surface area contributed by atoms with Crippen LogP contribution < -0.4 is 5.56 Å². The van der Waals surface area contributed by atoms with E-state index < -0.39 is 0 Å². The first-order chi connectivity index (χ1) is 14.6. The van der Waals surface area contributed by atoms with Crippen molar-refractivity contribution >= 4 is 17.2 Å². The van der Waals surface area contributed by atoms with Crippen LogP contribution in [0.15, 0.2) is 16.9 Å². The highest BCUT2D eigenvalue weighted by atomic mass is 32.1. The Balaban J connectivity index is 1.37. The van der Waals surface area contributed by atoms with Crippen LogP contribution in [0.5, 0.6) is 0 Å². The molecule has 2 aromatic heterocycles. The molecule has 3 aliphatic rings. The van der Waals surface area contributed by atoms with Gasteiger partial charge in [0.2, 0.25) is 0 Å². The van der Waals surface area contributed by atoms with Crippen molar-refractivity contribution < 1.29 is 4.79 Å². The molecule has 0 unspecified atom stereocenters. The van der Waals surface area contributed by atoms with Crippen molar-refractivity contribution in [3.8, 4) is 0 Å². The fourth-order valence-electron chi connectivity index (χ4n) is 5.41. The summed E-state index contributed by atoms with van der Waals surface area (Å²) in [4.78, 5) is 40.1. The number of carbonyl (C=O) groups excluding carboxylic acids is 1. The minimum absolute atomic E-state index is 0.0153. The molecule has 1 N–H and O–H groups in total. The van der Waals surface area contributed by atoms with Crippen molar-refractivity contribution in [2.75, 3.05) is 13.1 Å². The summed E-state index contributed by atoms with van der Waals surface area (Å²) in [5.41, 5.74) is 1.48. The summed E-state index contributed by atoms with van der Waals surface area (Å²) in [7, 11) is 0. The normalized spacial score (nSPS) is 23.0. The third kappa shape index (κ3) is 3.73. The molecule has 160 valence electrons. The van der Waals surface area contributed by atoms with Crippen LogP contribution in [0.25, 0.3) is 0 Å². The van der Waals surface area contributed by atoms with Gasteiger partial charge in [0.1, 0.15) is 5.82 Å². The molecule has 2 fully saturated rings. The maximum absolute atomic E-state index is 13.0. The van der Waals surface area contributed by atoms with Crippen molar-refractivity contribution in [2.45, 2.75) is 76.9 Å². The molecule has 2 aliphatic heterocycles. The molecule has 0 spiro atoms. The second-order valence-corrected chi connectivity index (χ2v) is 10.2. The van der Waals surface area contributed by atoms with Gasteiger partial charge in [0.15, 0.2) is 0 Å². The van der Waals surface area contributed by atoms with E-state index in [1.165, 1.54) is 49.9 Å². The van der Waals surface area contributed by atoms with Gasteiger partial charge in [0.25, 0.3) is 11.5 Å². The number of hydrogen-bond donors (Lipinski definition) is 1. The van der Waals surface area contributed by atoms with Gasteiger partial charge in [-0.3, -0.25) is 14.5 Å². The lowest BCUT2D eigenvalue weighted by molar-refractivity contribution is 0.0737. The molecule has 1 atom stereocenters. The summed E-state index contributed by atoms with van der Waals surface area (Å²) < 4.78 is 0. The van der Waals surface area contributed by atoms with E-state index >= 15 is 0 Å². The topological polar surface area (TPSA) is 69.3 Å². The minimum Gasteiger partial charge on any atom is -0.333 e. The molecule has 4 heterocycles. The van der Waals surface area contributed by atoms with Gasteiger partial charge in [-0.1, -0.05) is 19.3 Å². The average molecular weight is 427 g/mol. The number of H-pyrrole nitrogens is 1. The fourth-order valence-corrected chi connectivity index (χ4v) is 6.25. The number of thiophene rings is 1. The second kappa shape index (κ2) is 8.27. The SMILES string of the molecule is Cc1ccc(C(=O)N2CCc3nc([C@@H]4CCCN4C4CCCCC4)[nH]c(=O)c3C2)s1. The molecule has 6 nitrogen and oxygen atoms in total. The Labute approximate surface area is 181 Å². The lowest BCUT2D eigenvalue weighted by Crippen LogP contribution is -2.41. The largest absolute Gasteiger partial charge is 0.333 e. The summed E-state index contributed by atoms with van der Waals surface area (Å²) >= 11 is 1.51. The van der Waals surface area contributed by atoms with Gasteiger partial charge in [0, 0.05) is 23.9 Å². The van der Waals surface area contributed by atoms with E-state index in [2.05, 4.69) is 9.88 Å². The van der Waals surface area contributed by atoms with Gasteiger partial charge in [0.05, 0.1) is 28.7 Å². The van der Waals surface area contributed by atoms with Crippen molar-refractivity contribution in [1.29, 1.82) is 0 Å². The van der Waals surface area contributed by atoms with Gasteiger partial charge < -0.3 is 9.88 Å². The summed E-state index contributed by atoms with van der Waals surface area (Å²) in [5.74, 6) is 0.858. The van der Waals surface area contributed by atoms with E-state index in [1.54, 1.807) is 4.90 Å². The van der Waals surface area contributed by atoms with E-state index in [0.717, 1.165) is 34.2 Å². The molecule has 1 aliphatic carbocycles. The summed E-state index contributed by atoms with van der Waals surface area (Å²) in [5, 5.41) is 0. The molecule has 0 aromatic carbocycles. The van der Waals surface area contributed by atoms with Crippen LogP contribution in [0.4, 0.5) is 0 Å². The number of fused-ring (bicyclic) bond motifs is 1. The molecule has 30 heavy (non-hydrogen) atoms. The average Bonchev–Trinajstić information content (AvgIpc) is 3.43. The highest BCUT2D eigenvalue weighted by molar-refractivity contribution is 7.13. The first-order valence-corrected chi connectivity index (χ1v) is 12.2. The van der Waals surface area contributed by atoms with E-state index in [9.17, 15) is 9.59 Å². The first kappa shape index (κ1) is 19.9. The molecule has 0 radical (unpaired) electrons. The fraction of sp³-hybridized carbons (Fsp3) is 0.609. The number of hydrogen-bond acceptors (Lipinski definition) is 5. The Kier molecular flexibility index (Phi) is 5.50. The van der Waals surface area contributed by atoms with Crippen LogP contribution in [0, 0.1) is 6.92 Å². The zero-order valence-electron chi connectivity index (χ0n) is 17.7. The number of likely N-dealkylation sites (tertiary alicyclic amines) is 1. The predicted octanol–water partition coefficient (Wildman–Crippen LogP) is 3.81. The first-order valence-electron chi connectivity index (χ1n) is 11.3. The highest BCUT2D eigenvalue weighted by Gasteiger charge is 2.35. The Hall–Kier alpha value is -1.99. The quantitative estimate of drug-likeness (QED) is 0.810. The zero-order valence-corrected chi connectivity index (χ0v) is 18.5. The number of aromatic amines is 1. The van der Waals surface area contributed by atoms with E-state index in [1.807, 2.05) is 19.1 Å². The number of nitrogens with one attached hydrogen (secondary N) is 1. The minimum atomic E-state index is -0.0645. The van der Waals surface area contributed by atoms with Gasteiger partial charge in [-0.05, 0) is 51.3 Å². The molecule has 7 heteroatoms. The van der Waals surface area contributed by atoms with Crippen LogP contribution in [0.1, 0.15) is 82.6 Å². The molecule has 0 bridgehead atoms. The smallest absolute Gasteiger partial charge is 0.264 e. The Morgan fingerprint density at radius 1 is 1.13 bits per heavy atom. The van der Waals surface area contributed by atoms with Crippen molar-refractivity contribution in [3.63, 3.8) is 0 Å². The van der Waals surface area contributed by atoms with Crippen molar-refractivity contribution in [1.82, 2.24) is 19.8 Å². The molecular formula is C23H30N4O2S. The molecule has 1 amide bonds. The molecule has 1 saturated carbocycles. The Morgan fingerprint density at radius 3 is 2.73 bits per heavy atom. The van der Waals surface area contributed by atoms with Gasteiger partial charge in [-0.15, -0.1) is 11.3 Å². The van der Waals surface area contributed by atoms with E-state index in [-0.39, 0.29) is 17.5 Å². The van der Waals surface area contributed by atoms with Crippen LogP contribution >= 0.6 is 11.3 Å². The van der Waals surface area contributed by atoms with Crippen LogP contribution in [-0.2, 0) is 13.0 Å². The Morgan fingerprint density at radius 2 is 1.97 bits per heavy atom. The van der Waals surface area contributed by atoms with Crippen LogP contribution in [0.3, 0.4) is 0 Å². The number of aryl methyl sites for hydroxylation is 1. The second-order valence-electron chi connectivity index (χ2n) is 8.95. The molecule has 1 saturated heterocycles. The van der Waals surface area contributed by atoms with E-state index in [0.29, 0.717) is 31.1 Å². The lowest BCUT2D eigenvalue weighted by atomic mass is 9.93. The maximum Gasteiger partial charge on any atom is 0.264 e. The highest BCUT2D eigenvalue weighted by Crippen LogP contribution is 2.36. The van der Waals surface area contributed by atoms with Crippen LogP contribution in [-0.4, -0.2) is 44.8 Å². The lowest BCUT2D eigenvalue weighted by Gasteiger charge is -2.35. The molecular weight excluding hydrogens is 396 g/mol. The van der Waals surface area contributed by atoms with Crippen molar-refractivity contribution in [2.24, 2.45) is 0 Å². The standard InChI is InChI=1S/C23H30N4O2S/c1-15-9-10-20(30-15)23(29)26-13-11-18-17(14-26)22(28)25-21(24-18)19-8-5-12-27(19)16-6-3-2-4-7-16/h9-10,16,19H,2-8,11-14H2,1H3,(H,24,25,28)/t19-/m0/s1. The van der Waals surface area contributed by atoms with Crippen molar-refractivity contribution in [3.05, 3.63) is 49.3 Å². The Bertz CT molecular complexity index is 991. The third-order valence-electron chi connectivity index (χ3n) is 6.98. The summed E-state index contributed by atoms with van der Waals surface area (Å²) in [6.45, 7) is 4.09. The number of rotatable bonds is 3. The van der Waals surface area contributed by atoms with Gasteiger partial charge in [-0.25, -0.2) is 4.98 Å². The molecule has 2 aromatic rings. The monoisotopic (exact) mass is 426 g/mol. The number of aromatic nitrogens is 2. The van der Waals surface area contributed by atoms with E-state index in [4.69, 9.17) is 4.98 Å². The zero-order chi connectivity index (χ0) is 20.7. The third-order valence-corrected chi connectivity index (χ3v) is 7.97. The van der Waals surface area contributed by atoms with Gasteiger partial charge >= 0.3 is 0 Å². The number of nitrogens with zero attached hydrogens (tertiary/aromatic N) is 3. The maximum atomic E-state index is 13.0. The number of amides is 1. The summed E-state index contributed by atoms with van der Waals surface area (Å²) in [6, 6.07) is 4.72. The number of carbonyl (C=O) groups is 1. The summed E-state index contributed by atoms with van der Waals surface area (Å²) in [6.07, 6.45) is 9.41. The van der Waals surface area contributed by atoms with Gasteiger partial charge in [-0.2, -0.15) is 0 Å².